The summed E-state index contributed by atoms with van der Waals surface area (Å²) in [6.07, 6.45) is 0.633. The van der Waals surface area contributed by atoms with Crippen molar-refractivity contribution in [1.29, 1.82) is 0 Å². The lowest BCUT2D eigenvalue weighted by atomic mass is 10.1. The van der Waals surface area contributed by atoms with Gasteiger partial charge in [0.15, 0.2) is 0 Å². The first-order valence-corrected chi connectivity index (χ1v) is 7.12. The van der Waals surface area contributed by atoms with Gasteiger partial charge < -0.3 is 15.4 Å². The van der Waals surface area contributed by atoms with Gasteiger partial charge in [0.05, 0.1) is 0 Å². The third kappa shape index (κ3) is 4.53. The van der Waals surface area contributed by atoms with E-state index in [4.69, 9.17) is 4.74 Å². The Balaban J connectivity index is 1.71. The summed E-state index contributed by atoms with van der Waals surface area (Å²) in [5, 5.41) is 6.35. The van der Waals surface area contributed by atoms with Gasteiger partial charge in [0, 0.05) is 18.6 Å². The van der Waals surface area contributed by atoms with E-state index in [-0.39, 0.29) is 12.1 Å². The Bertz CT molecular complexity index is 480. The Labute approximate surface area is 120 Å². The number of carbonyl (C=O) groups excluding carboxylic acids is 1. The summed E-state index contributed by atoms with van der Waals surface area (Å²) in [5.41, 5.74) is 2.15. The fourth-order valence-electron chi connectivity index (χ4n) is 2.09. The maximum absolute atomic E-state index is 11.6. The molecule has 0 aromatic heterocycles. The molecule has 4 nitrogen and oxygen atoms in total. The number of aryl methyl sites for hydroxylation is 1. The predicted molar refractivity (Wildman–Crippen MR) is 79.6 cm³/mol. The number of alkyl carbamates (subject to hydrolysis) is 1. The fourth-order valence-corrected chi connectivity index (χ4v) is 2.09. The number of benzene rings is 1. The van der Waals surface area contributed by atoms with Crippen molar-refractivity contribution in [3.63, 3.8) is 0 Å². The molecule has 2 rings (SSSR count). The summed E-state index contributed by atoms with van der Waals surface area (Å²) in [7, 11) is 0. The fraction of sp³-hybridized carbons (Fsp3) is 0.562. The van der Waals surface area contributed by atoms with Crippen LogP contribution in [0.3, 0.4) is 0 Å². The van der Waals surface area contributed by atoms with Crippen LogP contribution in [0.25, 0.3) is 0 Å². The lowest BCUT2D eigenvalue weighted by molar-refractivity contribution is 0.0522. The number of hydrogen-bond acceptors (Lipinski definition) is 3. The van der Waals surface area contributed by atoms with Gasteiger partial charge in [-0.1, -0.05) is 24.3 Å². The molecule has 1 saturated carbocycles. The van der Waals surface area contributed by atoms with Crippen LogP contribution in [-0.4, -0.2) is 23.8 Å². The Kier molecular flexibility index (Phi) is 4.33. The molecular formula is C16H24N2O2. The summed E-state index contributed by atoms with van der Waals surface area (Å²) >= 11 is 0. The second-order valence-corrected chi connectivity index (χ2v) is 6.40. The molecule has 1 amide bonds. The van der Waals surface area contributed by atoms with E-state index in [9.17, 15) is 4.79 Å². The number of amides is 1. The highest BCUT2D eigenvalue weighted by Gasteiger charge is 2.38. The van der Waals surface area contributed by atoms with Crippen molar-refractivity contribution in [2.45, 2.75) is 58.3 Å². The molecule has 0 radical (unpaired) electrons. The van der Waals surface area contributed by atoms with Crippen LogP contribution < -0.4 is 10.6 Å². The van der Waals surface area contributed by atoms with Crippen LogP contribution in [0.1, 0.15) is 38.3 Å². The maximum atomic E-state index is 11.6. The Morgan fingerprint density at radius 3 is 2.65 bits per heavy atom. The summed E-state index contributed by atoms with van der Waals surface area (Å²) in [4.78, 5) is 11.6. The van der Waals surface area contributed by atoms with Crippen molar-refractivity contribution in [2.75, 3.05) is 0 Å². The van der Waals surface area contributed by atoms with E-state index in [2.05, 4.69) is 29.7 Å². The number of nitrogens with one attached hydrogen (secondary N) is 2. The first-order chi connectivity index (χ1) is 9.35. The Morgan fingerprint density at radius 1 is 1.30 bits per heavy atom. The summed E-state index contributed by atoms with van der Waals surface area (Å²) in [6.45, 7) is 8.55. The second kappa shape index (κ2) is 5.83. The minimum absolute atomic E-state index is 0.189. The van der Waals surface area contributed by atoms with E-state index in [1.165, 1.54) is 11.1 Å². The van der Waals surface area contributed by atoms with Crippen molar-refractivity contribution in [1.82, 2.24) is 10.6 Å². The van der Waals surface area contributed by atoms with Crippen molar-refractivity contribution >= 4 is 6.09 Å². The molecule has 110 valence electrons. The predicted octanol–water partition coefficient (Wildman–Crippen LogP) is 2.75. The molecule has 0 spiro atoms. The quantitative estimate of drug-likeness (QED) is 0.889. The summed E-state index contributed by atoms with van der Waals surface area (Å²) in [5.74, 6) is 0. The third-order valence-corrected chi connectivity index (χ3v) is 3.31. The number of carbonyl (C=O) groups is 1. The lowest BCUT2D eigenvalue weighted by Crippen LogP contribution is -2.36. The highest BCUT2D eigenvalue weighted by atomic mass is 16.6. The SMILES string of the molecule is Cc1ccccc1CNC1CC1NC(=O)OC(C)(C)C. The number of rotatable bonds is 4. The van der Waals surface area contributed by atoms with Gasteiger partial charge in [-0.05, 0) is 45.2 Å². The third-order valence-electron chi connectivity index (χ3n) is 3.31. The molecule has 1 aromatic rings. The standard InChI is InChI=1S/C16H24N2O2/c1-11-7-5-6-8-12(11)10-17-13-9-14(13)18-15(19)20-16(2,3)4/h5-8,13-14,17H,9-10H2,1-4H3,(H,18,19). The average molecular weight is 276 g/mol. The van der Waals surface area contributed by atoms with Crippen LogP contribution in [-0.2, 0) is 11.3 Å². The first kappa shape index (κ1) is 14.9. The van der Waals surface area contributed by atoms with Gasteiger partial charge in [-0.25, -0.2) is 4.79 Å². The second-order valence-electron chi connectivity index (χ2n) is 6.40. The van der Waals surface area contributed by atoms with Crippen LogP contribution >= 0.6 is 0 Å². The number of ether oxygens (including phenoxy) is 1. The van der Waals surface area contributed by atoms with E-state index in [0.29, 0.717) is 6.04 Å². The van der Waals surface area contributed by atoms with E-state index in [1.807, 2.05) is 32.9 Å². The normalized spacial score (nSPS) is 21.4. The van der Waals surface area contributed by atoms with Gasteiger partial charge >= 0.3 is 6.09 Å². The van der Waals surface area contributed by atoms with E-state index in [0.717, 1.165) is 13.0 Å². The zero-order valence-electron chi connectivity index (χ0n) is 12.7. The van der Waals surface area contributed by atoms with E-state index >= 15 is 0 Å². The molecule has 0 bridgehead atoms. The van der Waals surface area contributed by atoms with Gasteiger partial charge in [0.2, 0.25) is 0 Å². The first-order valence-electron chi connectivity index (χ1n) is 7.12. The minimum Gasteiger partial charge on any atom is -0.444 e. The molecule has 20 heavy (non-hydrogen) atoms. The van der Waals surface area contributed by atoms with Crippen LogP contribution in [0.15, 0.2) is 24.3 Å². The van der Waals surface area contributed by atoms with Gasteiger partial charge in [-0.15, -0.1) is 0 Å². The van der Waals surface area contributed by atoms with Gasteiger partial charge in [0.1, 0.15) is 5.60 Å². The number of hydrogen-bond donors (Lipinski definition) is 2. The molecule has 2 N–H and O–H groups in total. The zero-order valence-corrected chi connectivity index (χ0v) is 12.7. The molecule has 0 heterocycles. The lowest BCUT2D eigenvalue weighted by Gasteiger charge is -2.19. The van der Waals surface area contributed by atoms with Crippen molar-refractivity contribution in [3.8, 4) is 0 Å². The molecule has 4 heteroatoms. The Hall–Kier alpha value is -1.55. The minimum atomic E-state index is -0.441. The smallest absolute Gasteiger partial charge is 0.407 e. The molecule has 1 fully saturated rings. The molecule has 0 saturated heterocycles. The van der Waals surface area contributed by atoms with Crippen LogP contribution in [0, 0.1) is 6.92 Å². The van der Waals surface area contributed by atoms with Crippen LogP contribution in [0.2, 0.25) is 0 Å². The van der Waals surface area contributed by atoms with Crippen LogP contribution in [0.4, 0.5) is 4.79 Å². The Morgan fingerprint density at radius 2 is 2.00 bits per heavy atom. The topological polar surface area (TPSA) is 50.4 Å². The van der Waals surface area contributed by atoms with Crippen molar-refractivity contribution < 1.29 is 9.53 Å². The molecule has 2 atom stereocenters. The van der Waals surface area contributed by atoms with Gasteiger partial charge in [-0.2, -0.15) is 0 Å². The highest BCUT2D eigenvalue weighted by molar-refractivity contribution is 5.68. The molecule has 0 aliphatic heterocycles. The van der Waals surface area contributed by atoms with Gasteiger partial charge in [0.25, 0.3) is 0 Å². The van der Waals surface area contributed by atoms with Crippen molar-refractivity contribution in [3.05, 3.63) is 35.4 Å². The van der Waals surface area contributed by atoms with Crippen LogP contribution in [0.5, 0.6) is 0 Å². The maximum Gasteiger partial charge on any atom is 0.407 e. The van der Waals surface area contributed by atoms with E-state index < -0.39 is 5.60 Å². The molecule has 2 unspecified atom stereocenters. The largest absolute Gasteiger partial charge is 0.444 e. The highest BCUT2D eigenvalue weighted by Crippen LogP contribution is 2.22. The molecule has 1 aliphatic carbocycles. The summed E-state index contributed by atoms with van der Waals surface area (Å²) in [6, 6.07) is 8.87. The monoisotopic (exact) mass is 276 g/mol. The molecule has 1 aromatic carbocycles. The van der Waals surface area contributed by atoms with E-state index in [1.54, 1.807) is 0 Å². The summed E-state index contributed by atoms with van der Waals surface area (Å²) < 4.78 is 5.24. The molecule has 1 aliphatic rings. The van der Waals surface area contributed by atoms with Gasteiger partial charge in [-0.3, -0.25) is 0 Å². The zero-order chi connectivity index (χ0) is 14.8. The average Bonchev–Trinajstić information content (AvgIpc) is 3.03. The van der Waals surface area contributed by atoms with Crippen molar-refractivity contribution in [2.24, 2.45) is 0 Å². The molecular weight excluding hydrogens is 252 g/mol.